The number of aliphatic hydroxyl groups is 1. The fourth-order valence-electron chi connectivity index (χ4n) is 4.73. The van der Waals surface area contributed by atoms with Crippen molar-refractivity contribution in [2.75, 3.05) is 20.6 Å². The zero-order valence-corrected chi connectivity index (χ0v) is 15.3. The summed E-state index contributed by atoms with van der Waals surface area (Å²) in [5.74, 6) is -0.529. The molecule has 2 aliphatic rings. The Balaban J connectivity index is 2.33. The van der Waals surface area contributed by atoms with Gasteiger partial charge in [0.15, 0.2) is 5.60 Å². The number of carboxylic acid groups (broad SMARTS) is 1. The Kier molecular flexibility index (Phi) is 5.27. The van der Waals surface area contributed by atoms with Gasteiger partial charge in [0.05, 0.1) is 0 Å². The van der Waals surface area contributed by atoms with E-state index in [2.05, 4.69) is 26.8 Å². The maximum Gasteiger partial charge on any atom is 0.337 e. The Morgan fingerprint density at radius 1 is 1.48 bits per heavy atom. The number of aliphatic carboxylic acids is 1. The van der Waals surface area contributed by atoms with Gasteiger partial charge in [-0.25, -0.2) is 4.79 Å². The second-order valence-corrected chi connectivity index (χ2v) is 8.53. The molecule has 0 aromatic carbocycles. The normalized spacial score (nSPS) is 39.8. The molecule has 0 aliphatic heterocycles. The molecule has 4 heteroatoms. The summed E-state index contributed by atoms with van der Waals surface area (Å²) in [5.41, 5.74) is -0.0302. The number of likely N-dealkylation sites (N-methyl/N-ethyl adjacent to an activating group) is 1. The smallest absolute Gasteiger partial charge is 0.337 e. The lowest BCUT2D eigenvalue weighted by molar-refractivity contribution is -0.171. The van der Waals surface area contributed by atoms with E-state index in [1.54, 1.807) is 4.90 Å². The van der Waals surface area contributed by atoms with Crippen LogP contribution in [0.4, 0.5) is 0 Å². The summed E-state index contributed by atoms with van der Waals surface area (Å²) in [6, 6.07) is 0. The topological polar surface area (TPSA) is 60.8 Å². The Morgan fingerprint density at radius 2 is 2.13 bits per heavy atom. The first kappa shape index (κ1) is 18.5. The summed E-state index contributed by atoms with van der Waals surface area (Å²) in [6.45, 7) is 6.78. The summed E-state index contributed by atoms with van der Waals surface area (Å²) < 4.78 is 0. The average Bonchev–Trinajstić information content (AvgIpc) is 3.09. The van der Waals surface area contributed by atoms with Gasteiger partial charge in [0.1, 0.15) is 0 Å². The first-order valence-corrected chi connectivity index (χ1v) is 8.86. The minimum Gasteiger partial charge on any atom is -0.479 e. The van der Waals surface area contributed by atoms with Crippen molar-refractivity contribution in [1.82, 2.24) is 4.90 Å². The molecule has 0 unspecified atom stereocenters. The van der Waals surface area contributed by atoms with Gasteiger partial charge in [-0.3, -0.25) is 0 Å². The minimum atomic E-state index is -1.67. The largest absolute Gasteiger partial charge is 0.479 e. The van der Waals surface area contributed by atoms with Crippen LogP contribution in [0.3, 0.4) is 0 Å². The monoisotopic (exact) mass is 323 g/mol. The number of carbonyl (C=O) groups is 1. The molecule has 0 aromatic heterocycles. The lowest BCUT2D eigenvalue weighted by atomic mass is 9.71. The third-order valence-electron chi connectivity index (χ3n) is 6.29. The zero-order chi connectivity index (χ0) is 17.4. The molecule has 23 heavy (non-hydrogen) atoms. The standard InChI is InChI=1S/C19H33NO3/c1-13-7-6-10-18(3)11-16(18)14(2)15(9-8-13)19(23,17(21)22)12-20(4)5/h7,14-16,23H,6,8-12H2,1-5H3,(H,21,22)/b13-7+/t14-,15+,16-,18-,19+/m0/s1. The molecule has 0 radical (unpaired) electrons. The maximum absolute atomic E-state index is 11.9. The van der Waals surface area contributed by atoms with Crippen LogP contribution in [0.25, 0.3) is 0 Å². The predicted molar refractivity (Wildman–Crippen MR) is 92.2 cm³/mol. The number of fused-ring (bicyclic) bond motifs is 1. The zero-order valence-electron chi connectivity index (χ0n) is 15.3. The molecule has 0 spiro atoms. The second kappa shape index (κ2) is 6.56. The fraction of sp³-hybridized carbons (Fsp3) is 0.842. The van der Waals surface area contributed by atoms with Gasteiger partial charge in [-0.2, -0.15) is 0 Å². The fourth-order valence-corrected chi connectivity index (χ4v) is 4.73. The van der Waals surface area contributed by atoms with E-state index in [1.807, 2.05) is 14.1 Å². The quantitative estimate of drug-likeness (QED) is 0.780. The van der Waals surface area contributed by atoms with Crippen molar-refractivity contribution in [1.29, 1.82) is 0 Å². The highest BCUT2D eigenvalue weighted by molar-refractivity contribution is 5.78. The van der Waals surface area contributed by atoms with Gasteiger partial charge >= 0.3 is 5.97 Å². The summed E-state index contributed by atoms with van der Waals surface area (Å²) in [7, 11) is 3.65. The molecule has 2 rings (SSSR count). The van der Waals surface area contributed by atoms with Crippen molar-refractivity contribution in [3.05, 3.63) is 11.6 Å². The van der Waals surface area contributed by atoms with E-state index in [0.29, 0.717) is 11.3 Å². The van der Waals surface area contributed by atoms with Crippen molar-refractivity contribution in [3.63, 3.8) is 0 Å². The molecule has 0 aromatic rings. The SMILES string of the molecule is C/C1=C\CC[C@@]2(C)C[C@H]2[C@@H](C)[C@H]([C@](O)(CN(C)C)C(=O)O)CC1. The first-order valence-electron chi connectivity index (χ1n) is 8.86. The molecule has 0 saturated heterocycles. The number of allylic oxidation sites excluding steroid dienone is 2. The van der Waals surface area contributed by atoms with Crippen LogP contribution in [0.15, 0.2) is 11.6 Å². The van der Waals surface area contributed by atoms with Crippen LogP contribution >= 0.6 is 0 Å². The van der Waals surface area contributed by atoms with Crippen molar-refractivity contribution < 1.29 is 15.0 Å². The molecule has 5 atom stereocenters. The molecule has 0 heterocycles. The highest BCUT2D eigenvalue weighted by Gasteiger charge is 2.57. The Bertz CT molecular complexity index is 487. The summed E-state index contributed by atoms with van der Waals surface area (Å²) >= 11 is 0. The third-order valence-corrected chi connectivity index (χ3v) is 6.29. The molecule has 4 nitrogen and oxygen atoms in total. The van der Waals surface area contributed by atoms with E-state index in [-0.39, 0.29) is 18.4 Å². The van der Waals surface area contributed by atoms with Crippen LogP contribution in [-0.2, 0) is 4.79 Å². The van der Waals surface area contributed by atoms with Gasteiger partial charge in [0.2, 0.25) is 0 Å². The van der Waals surface area contributed by atoms with Crippen LogP contribution in [0.5, 0.6) is 0 Å². The molecule has 1 saturated carbocycles. The van der Waals surface area contributed by atoms with E-state index >= 15 is 0 Å². The highest BCUT2D eigenvalue weighted by atomic mass is 16.4. The lowest BCUT2D eigenvalue weighted by Crippen LogP contribution is -2.55. The second-order valence-electron chi connectivity index (χ2n) is 8.53. The van der Waals surface area contributed by atoms with E-state index in [4.69, 9.17) is 0 Å². The third kappa shape index (κ3) is 3.80. The molecule has 2 aliphatic carbocycles. The summed E-state index contributed by atoms with van der Waals surface area (Å²) in [6.07, 6.45) is 7.38. The van der Waals surface area contributed by atoms with Crippen molar-refractivity contribution >= 4 is 5.97 Å². The molecule has 0 amide bonds. The van der Waals surface area contributed by atoms with Gasteiger partial charge in [-0.15, -0.1) is 0 Å². The van der Waals surface area contributed by atoms with Crippen molar-refractivity contribution in [3.8, 4) is 0 Å². The van der Waals surface area contributed by atoms with E-state index in [9.17, 15) is 15.0 Å². The van der Waals surface area contributed by atoms with Crippen molar-refractivity contribution in [2.24, 2.45) is 23.2 Å². The summed E-state index contributed by atoms with van der Waals surface area (Å²) in [4.78, 5) is 13.7. The highest BCUT2D eigenvalue weighted by Crippen LogP contribution is 2.62. The summed E-state index contributed by atoms with van der Waals surface area (Å²) in [5, 5.41) is 20.9. The van der Waals surface area contributed by atoms with E-state index in [1.165, 1.54) is 12.0 Å². The molecule has 1 fully saturated rings. The number of hydrogen-bond acceptors (Lipinski definition) is 3. The number of carboxylic acids is 1. The Labute approximate surface area is 140 Å². The number of hydrogen-bond donors (Lipinski definition) is 2. The number of nitrogens with zero attached hydrogens (tertiary/aromatic N) is 1. The van der Waals surface area contributed by atoms with Crippen LogP contribution in [-0.4, -0.2) is 47.3 Å². The van der Waals surface area contributed by atoms with E-state index in [0.717, 1.165) is 25.7 Å². The first-order chi connectivity index (χ1) is 10.6. The van der Waals surface area contributed by atoms with Crippen molar-refractivity contribution in [2.45, 2.75) is 58.5 Å². The van der Waals surface area contributed by atoms with Crippen LogP contribution in [0, 0.1) is 23.2 Å². The van der Waals surface area contributed by atoms with Gasteiger partial charge < -0.3 is 15.1 Å². The molecule has 0 bridgehead atoms. The average molecular weight is 323 g/mol. The molecular formula is C19H33NO3. The number of rotatable bonds is 4. The van der Waals surface area contributed by atoms with Gasteiger partial charge in [-0.05, 0) is 70.4 Å². The lowest BCUT2D eigenvalue weighted by Gasteiger charge is -2.39. The molecular weight excluding hydrogens is 290 g/mol. The van der Waals surface area contributed by atoms with Crippen LogP contribution in [0.2, 0.25) is 0 Å². The minimum absolute atomic E-state index is 0.170. The Hall–Kier alpha value is -0.870. The van der Waals surface area contributed by atoms with Gasteiger partial charge in [0.25, 0.3) is 0 Å². The molecule has 132 valence electrons. The predicted octanol–water partition coefficient (Wildman–Crippen LogP) is 3.16. The van der Waals surface area contributed by atoms with Crippen LogP contribution < -0.4 is 0 Å². The van der Waals surface area contributed by atoms with Gasteiger partial charge in [0, 0.05) is 12.5 Å². The maximum atomic E-state index is 11.9. The van der Waals surface area contributed by atoms with E-state index < -0.39 is 11.6 Å². The Morgan fingerprint density at radius 3 is 2.70 bits per heavy atom. The van der Waals surface area contributed by atoms with Crippen LogP contribution in [0.1, 0.15) is 52.9 Å². The van der Waals surface area contributed by atoms with Gasteiger partial charge in [-0.1, -0.05) is 25.5 Å². The molecule has 2 N–H and O–H groups in total.